The van der Waals surface area contributed by atoms with Gasteiger partial charge in [0.1, 0.15) is 5.78 Å². The summed E-state index contributed by atoms with van der Waals surface area (Å²) in [5.41, 5.74) is 1.93. The maximum atomic E-state index is 11.6. The van der Waals surface area contributed by atoms with E-state index < -0.39 is 11.9 Å². The fourth-order valence-corrected chi connectivity index (χ4v) is 2.47. The fraction of sp³-hybridized carbons (Fsp3) is 0.467. The number of carbonyl (C=O) groups excluding carboxylic acids is 1. The van der Waals surface area contributed by atoms with E-state index in [1.54, 1.807) is 6.92 Å². The lowest BCUT2D eigenvalue weighted by Crippen LogP contribution is -2.10. The highest BCUT2D eigenvalue weighted by Gasteiger charge is 2.24. The molecule has 0 aliphatic heterocycles. The summed E-state index contributed by atoms with van der Waals surface area (Å²) >= 11 is 0. The molecule has 0 spiro atoms. The van der Waals surface area contributed by atoms with E-state index in [2.05, 4.69) is 0 Å². The van der Waals surface area contributed by atoms with Crippen molar-refractivity contribution in [2.75, 3.05) is 0 Å². The first-order chi connectivity index (χ1) is 8.58. The quantitative estimate of drug-likeness (QED) is 0.888. The smallest absolute Gasteiger partial charge is 0.310 e. The van der Waals surface area contributed by atoms with Crippen molar-refractivity contribution in [1.82, 2.24) is 0 Å². The summed E-state index contributed by atoms with van der Waals surface area (Å²) in [6.45, 7) is 1.68. The molecule has 18 heavy (non-hydrogen) atoms. The lowest BCUT2D eigenvalue weighted by molar-refractivity contribution is -0.138. The zero-order chi connectivity index (χ0) is 13.1. The van der Waals surface area contributed by atoms with Gasteiger partial charge in [-0.1, -0.05) is 24.3 Å². The van der Waals surface area contributed by atoms with Crippen LogP contribution in [0.4, 0.5) is 0 Å². The van der Waals surface area contributed by atoms with E-state index in [0.717, 1.165) is 36.8 Å². The minimum absolute atomic E-state index is 0.174. The van der Waals surface area contributed by atoms with Gasteiger partial charge in [0.25, 0.3) is 0 Å². The number of carboxylic acids is 1. The number of ketones is 1. The Bertz CT molecular complexity index is 447. The minimum atomic E-state index is -0.811. The summed E-state index contributed by atoms with van der Waals surface area (Å²) in [7, 11) is 0. The molecule has 1 fully saturated rings. The van der Waals surface area contributed by atoms with Crippen LogP contribution in [0.3, 0.4) is 0 Å². The van der Waals surface area contributed by atoms with Crippen molar-refractivity contribution in [3.05, 3.63) is 35.4 Å². The number of rotatable bonds is 4. The van der Waals surface area contributed by atoms with Crippen LogP contribution in [-0.2, 0) is 16.0 Å². The zero-order valence-corrected chi connectivity index (χ0v) is 10.6. The lowest BCUT2D eigenvalue weighted by atomic mass is 9.94. The molecule has 3 nitrogen and oxygen atoms in total. The predicted octanol–water partition coefficient (Wildman–Crippen LogP) is 2.79. The number of hydrogen-bond donors (Lipinski definition) is 1. The molecule has 0 unspecified atom stereocenters. The molecular formula is C15H18O3. The van der Waals surface area contributed by atoms with Gasteiger partial charge in [-0.25, -0.2) is 0 Å². The molecule has 2 atom stereocenters. The first-order valence-electron chi connectivity index (χ1n) is 6.42. The van der Waals surface area contributed by atoms with Gasteiger partial charge in [-0.15, -0.1) is 0 Å². The number of aliphatic carboxylic acids is 1. The van der Waals surface area contributed by atoms with Gasteiger partial charge in [0.15, 0.2) is 0 Å². The molecular weight excluding hydrogens is 228 g/mol. The molecule has 0 bridgehead atoms. The number of carbonyl (C=O) groups is 2. The molecule has 0 aromatic heterocycles. The van der Waals surface area contributed by atoms with Crippen molar-refractivity contribution in [1.29, 1.82) is 0 Å². The first-order valence-corrected chi connectivity index (χ1v) is 6.42. The van der Waals surface area contributed by atoms with E-state index in [0.29, 0.717) is 5.78 Å². The average Bonchev–Trinajstić information content (AvgIpc) is 2.75. The summed E-state index contributed by atoms with van der Waals surface area (Å²) in [5.74, 6) is -0.744. The van der Waals surface area contributed by atoms with Crippen LogP contribution < -0.4 is 0 Å². The van der Waals surface area contributed by atoms with E-state index in [1.165, 1.54) is 0 Å². The number of Topliss-reactive ketones (excluding diaryl/α,β-unsaturated/α-hetero) is 1. The molecule has 2 rings (SSSR count). The Balaban J connectivity index is 2.03. The molecule has 1 aromatic carbocycles. The molecule has 1 aliphatic carbocycles. The third kappa shape index (κ3) is 2.78. The van der Waals surface area contributed by atoms with Crippen molar-refractivity contribution in [2.45, 2.75) is 38.5 Å². The van der Waals surface area contributed by atoms with Gasteiger partial charge in [0.2, 0.25) is 0 Å². The molecule has 0 saturated heterocycles. The normalized spacial score (nSPS) is 20.9. The standard InChI is InChI=1S/C15H18O3/c1-10(15(17)18)12-7-5-11(6-8-12)9-13-3-2-4-14(13)16/h5-8,10,13H,2-4,9H2,1H3,(H,17,18)/t10-,13-/m0/s1. The van der Waals surface area contributed by atoms with Crippen LogP contribution >= 0.6 is 0 Å². The molecule has 1 aliphatic rings. The molecule has 1 N–H and O–H groups in total. The van der Waals surface area contributed by atoms with Gasteiger partial charge in [0.05, 0.1) is 5.92 Å². The van der Waals surface area contributed by atoms with Crippen LogP contribution in [0.15, 0.2) is 24.3 Å². The Kier molecular flexibility index (Phi) is 3.80. The van der Waals surface area contributed by atoms with Crippen LogP contribution in [0.25, 0.3) is 0 Å². The van der Waals surface area contributed by atoms with Gasteiger partial charge in [-0.2, -0.15) is 0 Å². The lowest BCUT2D eigenvalue weighted by Gasteiger charge is -2.10. The molecule has 0 radical (unpaired) electrons. The van der Waals surface area contributed by atoms with E-state index in [4.69, 9.17) is 5.11 Å². The highest BCUT2D eigenvalue weighted by molar-refractivity contribution is 5.83. The molecule has 1 saturated carbocycles. The fourth-order valence-electron chi connectivity index (χ4n) is 2.47. The maximum absolute atomic E-state index is 11.6. The van der Waals surface area contributed by atoms with Crippen LogP contribution in [-0.4, -0.2) is 16.9 Å². The maximum Gasteiger partial charge on any atom is 0.310 e. The monoisotopic (exact) mass is 246 g/mol. The Hall–Kier alpha value is -1.64. The third-order valence-corrected chi connectivity index (χ3v) is 3.76. The van der Waals surface area contributed by atoms with Crippen LogP contribution in [0.2, 0.25) is 0 Å². The van der Waals surface area contributed by atoms with Crippen molar-refractivity contribution in [3.63, 3.8) is 0 Å². The van der Waals surface area contributed by atoms with Crippen molar-refractivity contribution in [3.8, 4) is 0 Å². The third-order valence-electron chi connectivity index (χ3n) is 3.76. The van der Waals surface area contributed by atoms with E-state index in [-0.39, 0.29) is 5.92 Å². The molecule has 0 amide bonds. The first kappa shape index (κ1) is 12.8. The SMILES string of the molecule is C[C@H](C(=O)O)c1ccc(C[C@@H]2CCCC2=O)cc1. The van der Waals surface area contributed by atoms with Crippen molar-refractivity contribution in [2.24, 2.45) is 5.92 Å². The second kappa shape index (κ2) is 5.34. The van der Waals surface area contributed by atoms with Crippen LogP contribution in [0.5, 0.6) is 0 Å². The number of hydrogen-bond acceptors (Lipinski definition) is 2. The summed E-state index contributed by atoms with van der Waals surface area (Å²) in [4.78, 5) is 22.4. The zero-order valence-electron chi connectivity index (χ0n) is 10.6. The Morgan fingerprint density at radius 3 is 2.56 bits per heavy atom. The topological polar surface area (TPSA) is 54.4 Å². The van der Waals surface area contributed by atoms with Crippen molar-refractivity contribution >= 4 is 11.8 Å². The van der Waals surface area contributed by atoms with Crippen LogP contribution in [0, 0.1) is 5.92 Å². The number of benzene rings is 1. The predicted molar refractivity (Wildman–Crippen MR) is 68.5 cm³/mol. The second-order valence-electron chi connectivity index (χ2n) is 5.06. The summed E-state index contributed by atoms with van der Waals surface area (Å²) in [6, 6.07) is 7.60. The van der Waals surface area contributed by atoms with Gasteiger partial charge in [-0.3, -0.25) is 9.59 Å². The van der Waals surface area contributed by atoms with Gasteiger partial charge in [-0.05, 0) is 37.3 Å². The number of carboxylic acid groups (broad SMARTS) is 1. The van der Waals surface area contributed by atoms with E-state index in [1.807, 2.05) is 24.3 Å². The highest BCUT2D eigenvalue weighted by atomic mass is 16.4. The van der Waals surface area contributed by atoms with E-state index in [9.17, 15) is 9.59 Å². The van der Waals surface area contributed by atoms with Gasteiger partial charge in [0, 0.05) is 12.3 Å². The molecule has 3 heteroatoms. The largest absolute Gasteiger partial charge is 0.481 e. The molecule has 0 heterocycles. The Labute approximate surface area is 107 Å². The van der Waals surface area contributed by atoms with E-state index >= 15 is 0 Å². The van der Waals surface area contributed by atoms with Crippen molar-refractivity contribution < 1.29 is 14.7 Å². The average molecular weight is 246 g/mol. The summed E-state index contributed by atoms with van der Waals surface area (Å²) < 4.78 is 0. The van der Waals surface area contributed by atoms with Gasteiger partial charge >= 0.3 is 5.97 Å². The molecule has 1 aromatic rings. The minimum Gasteiger partial charge on any atom is -0.481 e. The Morgan fingerprint density at radius 2 is 2.06 bits per heavy atom. The molecule has 96 valence electrons. The van der Waals surface area contributed by atoms with Crippen LogP contribution in [0.1, 0.15) is 43.2 Å². The summed E-state index contributed by atoms with van der Waals surface area (Å²) in [6.07, 6.45) is 3.52. The highest BCUT2D eigenvalue weighted by Crippen LogP contribution is 2.25. The second-order valence-corrected chi connectivity index (χ2v) is 5.06. The summed E-state index contributed by atoms with van der Waals surface area (Å²) in [5, 5.41) is 8.92. The Morgan fingerprint density at radius 1 is 1.39 bits per heavy atom. The van der Waals surface area contributed by atoms with Gasteiger partial charge < -0.3 is 5.11 Å².